The van der Waals surface area contributed by atoms with E-state index in [0.717, 1.165) is 19.3 Å². The Bertz CT molecular complexity index is 412. The van der Waals surface area contributed by atoms with Crippen molar-refractivity contribution in [2.24, 2.45) is 0 Å². The van der Waals surface area contributed by atoms with Crippen LogP contribution in [0.4, 0.5) is 0 Å². The standard InChI is InChI=1S/C18H33NO6/c1-2-3-4-5-6-7-8-9-10-11-12-19-15(20)13-18(25,17(23)24)14-16(21)22/h25H,2-14H2,1H3,(H,19,20)(H,21,22)(H,23,24). The molecule has 1 amide bonds. The van der Waals surface area contributed by atoms with Gasteiger partial charge in [-0.25, -0.2) is 4.79 Å². The van der Waals surface area contributed by atoms with E-state index in [4.69, 9.17) is 10.2 Å². The van der Waals surface area contributed by atoms with Crippen LogP contribution in [0.15, 0.2) is 0 Å². The highest BCUT2D eigenvalue weighted by atomic mass is 16.4. The second-order valence-electron chi connectivity index (χ2n) is 6.62. The van der Waals surface area contributed by atoms with Crippen LogP contribution >= 0.6 is 0 Å². The molecule has 0 bridgehead atoms. The minimum atomic E-state index is -2.56. The molecule has 25 heavy (non-hydrogen) atoms. The smallest absolute Gasteiger partial charge is 0.336 e. The normalized spacial score (nSPS) is 13.2. The van der Waals surface area contributed by atoms with E-state index < -0.39 is 36.3 Å². The molecule has 0 rings (SSSR count). The summed E-state index contributed by atoms with van der Waals surface area (Å²) in [6.07, 6.45) is 9.96. The first kappa shape index (κ1) is 23.4. The van der Waals surface area contributed by atoms with Crippen LogP contribution in [0, 0.1) is 0 Å². The molecule has 0 spiro atoms. The topological polar surface area (TPSA) is 124 Å². The Morgan fingerprint density at radius 2 is 1.28 bits per heavy atom. The number of unbranched alkanes of at least 4 members (excludes halogenated alkanes) is 9. The Kier molecular flexibility index (Phi) is 12.7. The van der Waals surface area contributed by atoms with Crippen molar-refractivity contribution in [2.45, 2.75) is 89.6 Å². The molecule has 0 aliphatic carbocycles. The zero-order valence-corrected chi connectivity index (χ0v) is 15.3. The zero-order valence-electron chi connectivity index (χ0n) is 15.3. The quantitative estimate of drug-likeness (QED) is 0.314. The van der Waals surface area contributed by atoms with E-state index in [1.54, 1.807) is 0 Å². The molecule has 7 nitrogen and oxygen atoms in total. The van der Waals surface area contributed by atoms with E-state index in [1.807, 2.05) is 0 Å². The Labute approximate surface area is 149 Å². The van der Waals surface area contributed by atoms with Crippen molar-refractivity contribution in [2.75, 3.05) is 6.54 Å². The van der Waals surface area contributed by atoms with Gasteiger partial charge in [0.2, 0.25) is 5.91 Å². The van der Waals surface area contributed by atoms with Gasteiger partial charge in [0.1, 0.15) is 0 Å². The lowest BCUT2D eigenvalue weighted by molar-refractivity contribution is -0.167. The lowest BCUT2D eigenvalue weighted by Crippen LogP contribution is -2.45. The molecule has 4 N–H and O–H groups in total. The highest BCUT2D eigenvalue weighted by Crippen LogP contribution is 2.16. The van der Waals surface area contributed by atoms with Crippen LogP contribution in [0.3, 0.4) is 0 Å². The molecule has 0 heterocycles. The maximum absolute atomic E-state index is 11.7. The van der Waals surface area contributed by atoms with E-state index in [-0.39, 0.29) is 0 Å². The van der Waals surface area contributed by atoms with Crippen LogP contribution in [0.2, 0.25) is 0 Å². The van der Waals surface area contributed by atoms with E-state index in [1.165, 1.54) is 44.9 Å². The molecule has 0 aromatic rings. The zero-order chi connectivity index (χ0) is 19.1. The minimum absolute atomic E-state index is 0.401. The molecular formula is C18H33NO6. The number of carbonyl (C=O) groups is 3. The Morgan fingerprint density at radius 3 is 1.72 bits per heavy atom. The number of nitrogens with one attached hydrogen (secondary N) is 1. The summed E-state index contributed by atoms with van der Waals surface area (Å²) in [5, 5.41) is 29.8. The van der Waals surface area contributed by atoms with Crippen LogP contribution in [-0.2, 0) is 14.4 Å². The van der Waals surface area contributed by atoms with Gasteiger partial charge in [-0.15, -0.1) is 0 Å². The summed E-state index contributed by atoms with van der Waals surface area (Å²) in [4.78, 5) is 33.2. The Morgan fingerprint density at radius 1 is 0.800 bits per heavy atom. The number of rotatable bonds is 16. The van der Waals surface area contributed by atoms with Crippen LogP contribution in [-0.4, -0.2) is 45.3 Å². The number of amides is 1. The molecule has 0 aliphatic heterocycles. The highest BCUT2D eigenvalue weighted by Gasteiger charge is 2.40. The summed E-state index contributed by atoms with van der Waals surface area (Å²) >= 11 is 0. The number of hydrogen-bond donors (Lipinski definition) is 4. The number of aliphatic carboxylic acids is 2. The highest BCUT2D eigenvalue weighted by molar-refractivity contribution is 5.90. The number of aliphatic hydroxyl groups is 1. The maximum atomic E-state index is 11.7. The molecular weight excluding hydrogens is 326 g/mol. The largest absolute Gasteiger partial charge is 0.481 e. The van der Waals surface area contributed by atoms with Gasteiger partial charge >= 0.3 is 11.9 Å². The van der Waals surface area contributed by atoms with Crippen molar-refractivity contribution in [1.29, 1.82) is 0 Å². The third kappa shape index (κ3) is 12.4. The maximum Gasteiger partial charge on any atom is 0.336 e. The van der Waals surface area contributed by atoms with Gasteiger partial charge in [0.05, 0.1) is 12.8 Å². The van der Waals surface area contributed by atoms with E-state index >= 15 is 0 Å². The van der Waals surface area contributed by atoms with E-state index in [2.05, 4.69) is 12.2 Å². The first-order valence-corrected chi connectivity index (χ1v) is 9.26. The Hall–Kier alpha value is -1.63. The average Bonchev–Trinajstić information content (AvgIpc) is 2.51. The predicted molar refractivity (Wildman–Crippen MR) is 94.3 cm³/mol. The van der Waals surface area contributed by atoms with Crippen LogP contribution in [0.1, 0.15) is 84.0 Å². The fourth-order valence-electron chi connectivity index (χ4n) is 2.63. The summed E-state index contributed by atoms with van der Waals surface area (Å²) in [6.45, 7) is 2.60. The number of carbonyl (C=O) groups excluding carboxylic acids is 1. The summed E-state index contributed by atoms with van der Waals surface area (Å²) in [7, 11) is 0. The molecule has 0 aromatic heterocycles. The van der Waals surface area contributed by atoms with Gasteiger partial charge < -0.3 is 20.6 Å². The van der Waals surface area contributed by atoms with Gasteiger partial charge in [0, 0.05) is 6.54 Å². The summed E-state index contributed by atoms with van der Waals surface area (Å²) in [5.74, 6) is -3.82. The predicted octanol–water partition coefficient (Wildman–Crippen LogP) is 2.70. The monoisotopic (exact) mass is 359 g/mol. The average molecular weight is 359 g/mol. The summed E-state index contributed by atoms with van der Waals surface area (Å²) in [6, 6.07) is 0. The molecule has 0 aliphatic rings. The molecule has 1 atom stereocenters. The van der Waals surface area contributed by atoms with Gasteiger partial charge in [-0.2, -0.15) is 0 Å². The summed E-state index contributed by atoms with van der Waals surface area (Å²) < 4.78 is 0. The van der Waals surface area contributed by atoms with E-state index in [0.29, 0.717) is 6.54 Å². The van der Waals surface area contributed by atoms with Crippen molar-refractivity contribution >= 4 is 17.8 Å². The second kappa shape index (κ2) is 13.6. The van der Waals surface area contributed by atoms with Crippen molar-refractivity contribution in [3.05, 3.63) is 0 Å². The van der Waals surface area contributed by atoms with Crippen molar-refractivity contribution in [3.8, 4) is 0 Å². The van der Waals surface area contributed by atoms with Crippen LogP contribution < -0.4 is 5.32 Å². The first-order valence-electron chi connectivity index (χ1n) is 9.26. The molecule has 0 saturated carbocycles. The van der Waals surface area contributed by atoms with Gasteiger partial charge in [-0.1, -0.05) is 64.7 Å². The van der Waals surface area contributed by atoms with Crippen LogP contribution in [0.25, 0.3) is 0 Å². The third-order valence-corrected chi connectivity index (χ3v) is 4.15. The fraction of sp³-hybridized carbons (Fsp3) is 0.833. The second-order valence-corrected chi connectivity index (χ2v) is 6.62. The molecule has 0 aromatic carbocycles. The van der Waals surface area contributed by atoms with Crippen molar-refractivity contribution in [1.82, 2.24) is 5.32 Å². The lowest BCUT2D eigenvalue weighted by atomic mass is 9.95. The molecule has 0 radical (unpaired) electrons. The third-order valence-electron chi connectivity index (χ3n) is 4.15. The molecule has 1 unspecified atom stereocenters. The number of carboxylic acids is 2. The lowest BCUT2D eigenvalue weighted by Gasteiger charge is -2.20. The molecule has 0 saturated heterocycles. The molecule has 146 valence electrons. The summed E-state index contributed by atoms with van der Waals surface area (Å²) in [5.41, 5.74) is -2.56. The van der Waals surface area contributed by atoms with Crippen LogP contribution in [0.5, 0.6) is 0 Å². The van der Waals surface area contributed by atoms with Gasteiger partial charge in [-0.05, 0) is 6.42 Å². The minimum Gasteiger partial charge on any atom is -0.481 e. The first-order chi connectivity index (χ1) is 11.8. The molecule has 7 heteroatoms. The number of hydrogen-bond acceptors (Lipinski definition) is 4. The fourth-order valence-corrected chi connectivity index (χ4v) is 2.63. The van der Waals surface area contributed by atoms with Gasteiger partial charge in [0.25, 0.3) is 0 Å². The van der Waals surface area contributed by atoms with E-state index in [9.17, 15) is 19.5 Å². The Balaban J connectivity index is 3.72. The van der Waals surface area contributed by atoms with Crippen molar-refractivity contribution < 1.29 is 29.7 Å². The number of carboxylic acid groups (broad SMARTS) is 2. The van der Waals surface area contributed by atoms with Gasteiger partial charge in [0.15, 0.2) is 5.60 Å². The van der Waals surface area contributed by atoms with Crippen molar-refractivity contribution in [3.63, 3.8) is 0 Å². The van der Waals surface area contributed by atoms with Gasteiger partial charge in [-0.3, -0.25) is 9.59 Å². The molecule has 0 fully saturated rings. The SMILES string of the molecule is CCCCCCCCCCCCNC(=O)CC(O)(CC(=O)O)C(=O)O.